The van der Waals surface area contributed by atoms with Crippen molar-refractivity contribution in [1.29, 1.82) is 0 Å². The molecule has 2 amide bonds. The fourth-order valence-corrected chi connectivity index (χ4v) is 3.76. The number of hydrogen-bond acceptors (Lipinski definition) is 4. The van der Waals surface area contributed by atoms with Crippen molar-refractivity contribution in [3.8, 4) is 0 Å². The molecule has 1 aromatic carbocycles. The smallest absolute Gasteiger partial charge is 0.304 e. The molecule has 1 saturated heterocycles. The summed E-state index contributed by atoms with van der Waals surface area (Å²) in [7, 11) is 0. The number of carboxylic acid groups (broad SMARTS) is 1. The van der Waals surface area contributed by atoms with Crippen LogP contribution in [0.3, 0.4) is 0 Å². The highest BCUT2D eigenvalue weighted by Crippen LogP contribution is 2.32. The van der Waals surface area contributed by atoms with Crippen LogP contribution in [0, 0.1) is 0 Å². The summed E-state index contributed by atoms with van der Waals surface area (Å²) in [5.74, 6) is -2.49. The molecule has 1 N–H and O–H groups in total. The van der Waals surface area contributed by atoms with Crippen LogP contribution in [0.4, 0.5) is 0 Å². The third-order valence-electron chi connectivity index (χ3n) is 5.06. The number of benzene rings is 1. The van der Waals surface area contributed by atoms with Gasteiger partial charge in [0.15, 0.2) is 0 Å². The molecule has 0 bridgehead atoms. The van der Waals surface area contributed by atoms with E-state index in [0.717, 1.165) is 32.5 Å². The number of aliphatic carboxylic acids is 1. The van der Waals surface area contributed by atoms with Crippen LogP contribution in [0.2, 0.25) is 0 Å². The third-order valence-corrected chi connectivity index (χ3v) is 5.06. The first-order valence-electron chi connectivity index (χ1n) is 8.96. The molecule has 25 heavy (non-hydrogen) atoms. The Morgan fingerprint density at radius 2 is 1.76 bits per heavy atom. The lowest BCUT2D eigenvalue weighted by molar-refractivity contribution is -0.141. The summed E-state index contributed by atoms with van der Waals surface area (Å²) in [5.41, 5.74) is 0.987. The maximum absolute atomic E-state index is 12.7. The van der Waals surface area contributed by atoms with Crippen molar-refractivity contribution in [1.82, 2.24) is 9.80 Å². The average Bonchev–Trinajstić information content (AvgIpc) is 3.11. The molecule has 2 aliphatic rings. The summed E-state index contributed by atoms with van der Waals surface area (Å²) >= 11 is 0. The van der Waals surface area contributed by atoms with Gasteiger partial charge in [-0.2, -0.15) is 0 Å². The van der Waals surface area contributed by atoms with Crippen molar-refractivity contribution in [3.05, 3.63) is 35.4 Å². The molecule has 2 aliphatic heterocycles. The second-order valence-electron chi connectivity index (χ2n) is 6.79. The van der Waals surface area contributed by atoms with Gasteiger partial charge >= 0.3 is 5.97 Å². The van der Waals surface area contributed by atoms with E-state index in [-0.39, 0.29) is 18.2 Å². The predicted molar refractivity (Wildman–Crippen MR) is 92.4 cm³/mol. The lowest BCUT2D eigenvalue weighted by atomic mass is 9.86. The molecule has 1 aromatic rings. The number of carbonyl (C=O) groups is 3. The van der Waals surface area contributed by atoms with Gasteiger partial charge in [-0.15, -0.1) is 0 Å². The first kappa shape index (κ1) is 17.6. The minimum Gasteiger partial charge on any atom is -0.481 e. The van der Waals surface area contributed by atoms with Crippen molar-refractivity contribution in [2.45, 2.75) is 38.0 Å². The zero-order valence-electron chi connectivity index (χ0n) is 14.3. The van der Waals surface area contributed by atoms with Gasteiger partial charge in [0.25, 0.3) is 5.91 Å². The largest absolute Gasteiger partial charge is 0.481 e. The number of imide groups is 1. The number of fused-ring (bicyclic) bond motifs is 1. The highest BCUT2D eigenvalue weighted by molar-refractivity contribution is 6.12. The van der Waals surface area contributed by atoms with E-state index in [1.54, 1.807) is 24.3 Å². The van der Waals surface area contributed by atoms with Gasteiger partial charge in [0.05, 0.1) is 12.3 Å². The van der Waals surface area contributed by atoms with E-state index >= 15 is 0 Å². The Morgan fingerprint density at radius 3 is 2.48 bits per heavy atom. The van der Waals surface area contributed by atoms with Gasteiger partial charge in [-0.3, -0.25) is 19.3 Å². The molecule has 1 atom stereocenters. The Kier molecular flexibility index (Phi) is 5.48. The predicted octanol–water partition coefficient (Wildman–Crippen LogP) is 2.10. The van der Waals surface area contributed by atoms with E-state index in [4.69, 9.17) is 5.11 Å². The summed E-state index contributed by atoms with van der Waals surface area (Å²) in [5, 5.41) is 9.14. The summed E-state index contributed by atoms with van der Waals surface area (Å²) in [6.07, 6.45) is 3.89. The topological polar surface area (TPSA) is 77.9 Å². The standard InChI is InChI=1S/C19H24N2O4/c22-17(23)13-16-14-7-1-2-8-15(14)18(24)21(19(16)25)12-6-5-11-20-9-3-4-10-20/h1-2,7-8,16H,3-6,9-13H2,(H,22,23). The van der Waals surface area contributed by atoms with Crippen LogP contribution in [0.25, 0.3) is 0 Å². The number of carboxylic acids is 1. The van der Waals surface area contributed by atoms with E-state index in [1.165, 1.54) is 17.7 Å². The molecule has 134 valence electrons. The third kappa shape index (κ3) is 3.90. The fraction of sp³-hybridized carbons (Fsp3) is 0.526. The van der Waals surface area contributed by atoms with Gasteiger partial charge in [0, 0.05) is 12.1 Å². The second kappa shape index (κ2) is 7.78. The van der Waals surface area contributed by atoms with E-state index in [2.05, 4.69) is 4.90 Å². The zero-order valence-corrected chi connectivity index (χ0v) is 14.3. The summed E-state index contributed by atoms with van der Waals surface area (Å²) in [6.45, 7) is 3.62. The number of nitrogens with zero attached hydrogens (tertiary/aromatic N) is 2. The summed E-state index contributed by atoms with van der Waals surface area (Å²) in [4.78, 5) is 40.2. The first-order valence-corrected chi connectivity index (χ1v) is 8.96. The Morgan fingerprint density at radius 1 is 1.08 bits per heavy atom. The summed E-state index contributed by atoms with van der Waals surface area (Å²) < 4.78 is 0. The second-order valence-corrected chi connectivity index (χ2v) is 6.79. The molecule has 2 heterocycles. The average molecular weight is 344 g/mol. The quantitative estimate of drug-likeness (QED) is 0.605. The maximum Gasteiger partial charge on any atom is 0.304 e. The molecule has 6 heteroatoms. The van der Waals surface area contributed by atoms with E-state index in [1.807, 2.05) is 0 Å². The molecular weight excluding hydrogens is 320 g/mol. The molecule has 3 rings (SSSR count). The normalized spacial score (nSPS) is 20.8. The van der Waals surface area contributed by atoms with Gasteiger partial charge < -0.3 is 10.0 Å². The lowest BCUT2D eigenvalue weighted by Crippen LogP contribution is -2.45. The number of carbonyl (C=O) groups excluding carboxylic acids is 2. The summed E-state index contributed by atoms with van der Waals surface area (Å²) in [6, 6.07) is 6.84. The Bertz CT molecular complexity index is 667. The van der Waals surface area contributed by atoms with Gasteiger partial charge in [-0.25, -0.2) is 0 Å². The van der Waals surface area contributed by atoms with Crippen LogP contribution in [0.1, 0.15) is 53.9 Å². The van der Waals surface area contributed by atoms with Gasteiger partial charge in [-0.1, -0.05) is 18.2 Å². The maximum atomic E-state index is 12.7. The van der Waals surface area contributed by atoms with E-state index < -0.39 is 11.9 Å². The Hall–Kier alpha value is -2.21. The lowest BCUT2D eigenvalue weighted by Gasteiger charge is -2.32. The number of unbranched alkanes of at least 4 members (excludes halogenated alkanes) is 1. The SMILES string of the molecule is O=C(O)CC1C(=O)N(CCCCN2CCCC2)C(=O)c2ccccc21. The van der Waals surface area contributed by atoms with Crippen LogP contribution in [0.5, 0.6) is 0 Å². The monoisotopic (exact) mass is 344 g/mol. The highest BCUT2D eigenvalue weighted by atomic mass is 16.4. The molecule has 0 radical (unpaired) electrons. The van der Waals surface area contributed by atoms with Crippen LogP contribution >= 0.6 is 0 Å². The van der Waals surface area contributed by atoms with Crippen LogP contribution in [0.15, 0.2) is 24.3 Å². The molecule has 0 spiro atoms. The molecular formula is C19H24N2O4. The molecule has 1 unspecified atom stereocenters. The fourth-order valence-electron chi connectivity index (χ4n) is 3.76. The molecule has 0 aromatic heterocycles. The van der Waals surface area contributed by atoms with Crippen molar-refractivity contribution in [2.24, 2.45) is 0 Å². The van der Waals surface area contributed by atoms with E-state index in [0.29, 0.717) is 17.7 Å². The van der Waals surface area contributed by atoms with Crippen molar-refractivity contribution in [3.63, 3.8) is 0 Å². The van der Waals surface area contributed by atoms with Gasteiger partial charge in [0.2, 0.25) is 5.91 Å². The van der Waals surface area contributed by atoms with Crippen LogP contribution in [-0.2, 0) is 9.59 Å². The number of hydrogen-bond donors (Lipinski definition) is 1. The van der Waals surface area contributed by atoms with Crippen molar-refractivity contribution < 1.29 is 19.5 Å². The van der Waals surface area contributed by atoms with Gasteiger partial charge in [-0.05, 0) is 56.9 Å². The van der Waals surface area contributed by atoms with E-state index in [9.17, 15) is 14.4 Å². The number of likely N-dealkylation sites (tertiary alicyclic amines) is 1. The minimum atomic E-state index is -1.03. The highest BCUT2D eigenvalue weighted by Gasteiger charge is 2.39. The van der Waals surface area contributed by atoms with Crippen molar-refractivity contribution in [2.75, 3.05) is 26.2 Å². The molecule has 6 nitrogen and oxygen atoms in total. The van der Waals surface area contributed by atoms with Crippen molar-refractivity contribution >= 4 is 17.8 Å². The van der Waals surface area contributed by atoms with Gasteiger partial charge in [0.1, 0.15) is 0 Å². The zero-order chi connectivity index (χ0) is 17.8. The van der Waals surface area contributed by atoms with Crippen LogP contribution in [-0.4, -0.2) is 58.9 Å². The first-order chi connectivity index (χ1) is 12.1. The Labute approximate surface area is 147 Å². The minimum absolute atomic E-state index is 0.284. The number of amides is 2. The number of rotatable bonds is 7. The molecule has 1 fully saturated rings. The molecule has 0 saturated carbocycles. The molecule has 0 aliphatic carbocycles. The Balaban J connectivity index is 1.67. The van der Waals surface area contributed by atoms with Crippen LogP contribution < -0.4 is 0 Å².